The van der Waals surface area contributed by atoms with Crippen molar-refractivity contribution in [2.45, 2.75) is 18.4 Å². The lowest BCUT2D eigenvalue weighted by molar-refractivity contribution is 0.0378. The molecule has 0 aromatic carbocycles. The van der Waals surface area contributed by atoms with Gasteiger partial charge in [-0.25, -0.2) is 4.98 Å². The highest BCUT2D eigenvalue weighted by Gasteiger charge is 2.33. The monoisotopic (exact) mass is 254 g/mol. The Hall–Kier alpha value is -1.60. The quantitative estimate of drug-likeness (QED) is 0.696. The molecule has 0 amide bonds. The Kier molecular flexibility index (Phi) is 3.83. The molecule has 0 aliphatic carbocycles. The van der Waals surface area contributed by atoms with Crippen LogP contribution in [-0.2, 0) is 4.74 Å². The lowest BCUT2D eigenvalue weighted by Gasteiger charge is -2.37. The minimum absolute atomic E-state index is 0.00210. The van der Waals surface area contributed by atoms with Gasteiger partial charge in [0, 0.05) is 13.2 Å². The van der Waals surface area contributed by atoms with Gasteiger partial charge in [0.2, 0.25) is 5.88 Å². The van der Waals surface area contributed by atoms with Crippen LogP contribution in [0, 0.1) is 0 Å². The van der Waals surface area contributed by atoms with Crippen LogP contribution in [0.5, 0.6) is 5.88 Å². The van der Waals surface area contributed by atoms with Crippen LogP contribution in [0.4, 0.5) is 11.5 Å². The van der Waals surface area contributed by atoms with Crippen molar-refractivity contribution in [3.05, 3.63) is 6.33 Å². The fourth-order valence-electron chi connectivity index (χ4n) is 1.98. The van der Waals surface area contributed by atoms with Crippen molar-refractivity contribution in [2.75, 3.05) is 38.0 Å². The van der Waals surface area contributed by atoms with Gasteiger partial charge in [-0.05, 0) is 12.8 Å². The summed E-state index contributed by atoms with van der Waals surface area (Å²) in [6, 6.07) is 0. The van der Waals surface area contributed by atoms with E-state index in [2.05, 4.69) is 15.3 Å². The molecule has 4 N–H and O–H groups in total. The number of anilines is 2. The van der Waals surface area contributed by atoms with Gasteiger partial charge in [-0.3, -0.25) is 0 Å². The van der Waals surface area contributed by atoms with Crippen molar-refractivity contribution in [1.29, 1.82) is 0 Å². The van der Waals surface area contributed by atoms with E-state index in [0.29, 0.717) is 43.4 Å². The predicted molar refractivity (Wildman–Crippen MR) is 66.5 cm³/mol. The minimum atomic E-state index is -0.439. The first-order chi connectivity index (χ1) is 8.71. The number of aromatic nitrogens is 2. The summed E-state index contributed by atoms with van der Waals surface area (Å²) in [6.45, 7) is 1.22. The van der Waals surface area contributed by atoms with E-state index in [1.54, 1.807) is 0 Å². The van der Waals surface area contributed by atoms with E-state index in [9.17, 15) is 5.11 Å². The molecule has 100 valence electrons. The van der Waals surface area contributed by atoms with Crippen molar-refractivity contribution < 1.29 is 14.6 Å². The molecule has 7 nitrogen and oxygen atoms in total. The molecule has 0 spiro atoms. The van der Waals surface area contributed by atoms with Gasteiger partial charge in [-0.15, -0.1) is 0 Å². The first-order valence-electron chi connectivity index (χ1n) is 5.82. The van der Waals surface area contributed by atoms with E-state index in [4.69, 9.17) is 15.2 Å². The van der Waals surface area contributed by atoms with Crippen LogP contribution >= 0.6 is 0 Å². The van der Waals surface area contributed by atoms with Crippen molar-refractivity contribution in [2.24, 2.45) is 0 Å². The van der Waals surface area contributed by atoms with E-state index in [-0.39, 0.29) is 6.61 Å². The normalized spacial score (nSPS) is 18.3. The Bertz CT molecular complexity index is 407. The van der Waals surface area contributed by atoms with Gasteiger partial charge in [0.05, 0.1) is 19.3 Å². The zero-order valence-corrected chi connectivity index (χ0v) is 10.3. The molecule has 1 aliphatic rings. The highest BCUT2D eigenvalue weighted by Crippen LogP contribution is 2.30. The van der Waals surface area contributed by atoms with Crippen molar-refractivity contribution in [3.63, 3.8) is 0 Å². The van der Waals surface area contributed by atoms with Crippen LogP contribution < -0.4 is 15.8 Å². The van der Waals surface area contributed by atoms with Gasteiger partial charge < -0.3 is 25.6 Å². The molecular formula is C11H18N4O3. The number of hydrogen-bond acceptors (Lipinski definition) is 7. The molecule has 0 bridgehead atoms. The number of rotatable bonds is 4. The van der Waals surface area contributed by atoms with Crippen LogP contribution in [0.15, 0.2) is 6.33 Å². The molecule has 1 aromatic rings. The molecule has 0 atom stereocenters. The molecule has 0 unspecified atom stereocenters. The largest absolute Gasteiger partial charge is 0.479 e. The average molecular weight is 254 g/mol. The molecular weight excluding hydrogens is 236 g/mol. The fourth-order valence-corrected chi connectivity index (χ4v) is 1.98. The standard InChI is InChI=1S/C11H18N4O3/c1-17-10-8(12)9(13-7-14-10)15-11(6-16)2-4-18-5-3-11/h7,16H,2-6,12H2,1H3,(H,13,14,15). The summed E-state index contributed by atoms with van der Waals surface area (Å²) in [7, 11) is 1.50. The topological polar surface area (TPSA) is 103 Å². The number of ether oxygens (including phenoxy) is 2. The third-order valence-corrected chi connectivity index (χ3v) is 3.18. The van der Waals surface area contributed by atoms with Crippen LogP contribution in [0.2, 0.25) is 0 Å². The summed E-state index contributed by atoms with van der Waals surface area (Å²) >= 11 is 0. The van der Waals surface area contributed by atoms with Crippen molar-refractivity contribution in [1.82, 2.24) is 9.97 Å². The van der Waals surface area contributed by atoms with Gasteiger partial charge >= 0.3 is 0 Å². The summed E-state index contributed by atoms with van der Waals surface area (Å²) < 4.78 is 10.3. The predicted octanol–water partition coefficient (Wildman–Crippen LogP) is 0.0208. The number of nitrogens with two attached hydrogens (primary N) is 1. The van der Waals surface area contributed by atoms with E-state index in [0.717, 1.165) is 0 Å². The number of nitrogens with one attached hydrogen (secondary N) is 1. The molecule has 0 saturated carbocycles. The average Bonchev–Trinajstić information content (AvgIpc) is 2.42. The zero-order chi connectivity index (χ0) is 13.0. The lowest BCUT2D eigenvalue weighted by atomic mass is 9.91. The second-order valence-electron chi connectivity index (χ2n) is 4.32. The Morgan fingerprint density at radius 3 is 2.83 bits per heavy atom. The summed E-state index contributed by atoms with van der Waals surface area (Å²) in [6.07, 6.45) is 2.78. The molecule has 2 rings (SSSR count). The summed E-state index contributed by atoms with van der Waals surface area (Å²) in [5.41, 5.74) is 5.81. The van der Waals surface area contributed by atoms with Crippen LogP contribution in [0.25, 0.3) is 0 Å². The number of methoxy groups -OCH3 is 1. The number of hydrogen-bond donors (Lipinski definition) is 3. The van der Waals surface area contributed by atoms with Crippen molar-refractivity contribution in [3.8, 4) is 5.88 Å². The second-order valence-corrected chi connectivity index (χ2v) is 4.32. The van der Waals surface area contributed by atoms with E-state index < -0.39 is 5.54 Å². The number of aliphatic hydroxyl groups excluding tert-OH is 1. The maximum absolute atomic E-state index is 9.59. The van der Waals surface area contributed by atoms with Crippen LogP contribution in [0.1, 0.15) is 12.8 Å². The Morgan fingerprint density at radius 2 is 2.22 bits per heavy atom. The first-order valence-corrected chi connectivity index (χ1v) is 5.82. The molecule has 1 aromatic heterocycles. The third-order valence-electron chi connectivity index (χ3n) is 3.18. The Labute approximate surface area is 105 Å². The second kappa shape index (κ2) is 5.36. The maximum Gasteiger partial charge on any atom is 0.242 e. The smallest absolute Gasteiger partial charge is 0.242 e. The Balaban J connectivity index is 2.21. The van der Waals surface area contributed by atoms with Gasteiger partial charge in [-0.2, -0.15) is 4.98 Å². The van der Waals surface area contributed by atoms with Gasteiger partial charge in [0.25, 0.3) is 0 Å². The molecule has 18 heavy (non-hydrogen) atoms. The summed E-state index contributed by atoms with van der Waals surface area (Å²) in [5, 5.41) is 12.8. The van der Waals surface area contributed by atoms with Gasteiger partial charge in [-0.1, -0.05) is 0 Å². The van der Waals surface area contributed by atoms with E-state index in [1.807, 2.05) is 0 Å². The molecule has 7 heteroatoms. The van der Waals surface area contributed by atoms with Gasteiger partial charge in [0.15, 0.2) is 5.82 Å². The molecule has 1 saturated heterocycles. The van der Waals surface area contributed by atoms with E-state index in [1.165, 1.54) is 13.4 Å². The van der Waals surface area contributed by atoms with E-state index >= 15 is 0 Å². The van der Waals surface area contributed by atoms with Crippen molar-refractivity contribution >= 4 is 11.5 Å². The third kappa shape index (κ3) is 2.46. The Morgan fingerprint density at radius 1 is 1.50 bits per heavy atom. The minimum Gasteiger partial charge on any atom is -0.479 e. The molecule has 1 fully saturated rings. The fraction of sp³-hybridized carbons (Fsp3) is 0.636. The lowest BCUT2D eigenvalue weighted by Crippen LogP contribution is -2.47. The van der Waals surface area contributed by atoms with Crippen LogP contribution in [0.3, 0.4) is 0 Å². The summed E-state index contributed by atoms with van der Waals surface area (Å²) in [5.74, 6) is 0.811. The first kappa shape index (κ1) is 12.8. The SMILES string of the molecule is COc1ncnc(NC2(CO)CCOCC2)c1N. The highest BCUT2D eigenvalue weighted by atomic mass is 16.5. The number of nitrogen functional groups attached to an aromatic ring is 1. The maximum atomic E-state index is 9.59. The van der Waals surface area contributed by atoms with Gasteiger partial charge in [0.1, 0.15) is 12.0 Å². The molecule has 1 aliphatic heterocycles. The van der Waals surface area contributed by atoms with Crippen LogP contribution in [-0.4, -0.2) is 47.5 Å². The zero-order valence-electron chi connectivity index (χ0n) is 10.3. The number of nitrogens with zero attached hydrogens (tertiary/aromatic N) is 2. The molecule has 0 radical (unpaired) electrons. The molecule has 2 heterocycles. The summed E-state index contributed by atoms with van der Waals surface area (Å²) in [4.78, 5) is 8.01. The number of aliphatic hydroxyl groups is 1. The highest BCUT2D eigenvalue weighted by molar-refractivity contribution is 5.67.